The van der Waals surface area contributed by atoms with Crippen molar-refractivity contribution in [3.05, 3.63) is 65.7 Å². The van der Waals surface area contributed by atoms with Gasteiger partial charge in [0.2, 0.25) is 0 Å². The zero-order valence-corrected chi connectivity index (χ0v) is 13.7. The number of rotatable bonds is 9. The first-order valence-electron chi connectivity index (χ1n) is 7.66. The standard InChI is InChI=1S/C19H24O4/c1-21-15-19(22-2,11-12-20)17-9-6-10-18(13-17)23-14-16-7-4-3-5-8-16/h3-10,13,20H,11-12,14-15H2,1-2H3. The lowest BCUT2D eigenvalue weighted by molar-refractivity contribution is -0.0823. The molecule has 0 aliphatic heterocycles. The molecular weight excluding hydrogens is 292 g/mol. The predicted octanol–water partition coefficient (Wildman–Crippen LogP) is 3.14. The molecule has 124 valence electrons. The normalized spacial score (nSPS) is 13.5. The maximum Gasteiger partial charge on any atom is 0.120 e. The summed E-state index contributed by atoms with van der Waals surface area (Å²) in [5.74, 6) is 0.766. The summed E-state index contributed by atoms with van der Waals surface area (Å²) in [7, 11) is 3.26. The number of methoxy groups -OCH3 is 2. The fourth-order valence-electron chi connectivity index (χ4n) is 2.60. The summed E-state index contributed by atoms with van der Waals surface area (Å²) >= 11 is 0. The molecule has 1 N–H and O–H groups in total. The lowest BCUT2D eigenvalue weighted by Gasteiger charge is -2.32. The van der Waals surface area contributed by atoms with E-state index in [4.69, 9.17) is 14.2 Å². The van der Waals surface area contributed by atoms with Crippen molar-refractivity contribution < 1.29 is 19.3 Å². The van der Waals surface area contributed by atoms with Gasteiger partial charge in [0.15, 0.2) is 0 Å². The zero-order valence-electron chi connectivity index (χ0n) is 13.7. The minimum absolute atomic E-state index is 0.0201. The van der Waals surface area contributed by atoms with Crippen molar-refractivity contribution >= 4 is 0 Å². The number of hydrogen-bond donors (Lipinski definition) is 1. The lowest BCUT2D eigenvalue weighted by atomic mass is 9.91. The van der Waals surface area contributed by atoms with E-state index in [2.05, 4.69) is 0 Å². The van der Waals surface area contributed by atoms with Gasteiger partial charge in [0, 0.05) is 27.2 Å². The average molecular weight is 316 g/mol. The summed E-state index contributed by atoms with van der Waals surface area (Å²) < 4.78 is 16.8. The summed E-state index contributed by atoms with van der Waals surface area (Å²) in [6.07, 6.45) is 0.458. The lowest BCUT2D eigenvalue weighted by Crippen LogP contribution is -2.34. The highest BCUT2D eigenvalue weighted by Crippen LogP contribution is 2.31. The van der Waals surface area contributed by atoms with Crippen molar-refractivity contribution in [1.29, 1.82) is 0 Å². The third kappa shape index (κ3) is 4.55. The van der Waals surface area contributed by atoms with E-state index in [1.165, 1.54) is 0 Å². The molecule has 0 saturated heterocycles. The number of benzene rings is 2. The fraction of sp³-hybridized carbons (Fsp3) is 0.368. The molecule has 1 atom stereocenters. The van der Waals surface area contributed by atoms with E-state index in [0.717, 1.165) is 16.9 Å². The smallest absolute Gasteiger partial charge is 0.120 e. The Morgan fingerprint density at radius 1 is 1.00 bits per heavy atom. The van der Waals surface area contributed by atoms with Crippen LogP contribution in [0.25, 0.3) is 0 Å². The number of hydrogen-bond acceptors (Lipinski definition) is 4. The van der Waals surface area contributed by atoms with Gasteiger partial charge in [-0.05, 0) is 23.3 Å². The van der Waals surface area contributed by atoms with Gasteiger partial charge in [0.25, 0.3) is 0 Å². The molecule has 0 aliphatic carbocycles. The van der Waals surface area contributed by atoms with Gasteiger partial charge >= 0.3 is 0 Å². The minimum Gasteiger partial charge on any atom is -0.489 e. The first-order chi connectivity index (χ1) is 11.2. The molecule has 0 amide bonds. The van der Waals surface area contributed by atoms with Gasteiger partial charge in [0.1, 0.15) is 18.0 Å². The van der Waals surface area contributed by atoms with Gasteiger partial charge in [-0.1, -0.05) is 42.5 Å². The summed E-state index contributed by atoms with van der Waals surface area (Å²) in [6, 6.07) is 17.8. The van der Waals surface area contributed by atoms with Gasteiger partial charge in [-0.15, -0.1) is 0 Å². The molecule has 0 saturated carbocycles. The van der Waals surface area contributed by atoms with Crippen molar-refractivity contribution in [1.82, 2.24) is 0 Å². The van der Waals surface area contributed by atoms with Gasteiger partial charge in [-0.25, -0.2) is 0 Å². The molecule has 1 unspecified atom stereocenters. The van der Waals surface area contributed by atoms with Crippen LogP contribution in [0.2, 0.25) is 0 Å². The minimum atomic E-state index is -0.671. The Morgan fingerprint density at radius 3 is 2.43 bits per heavy atom. The Morgan fingerprint density at radius 2 is 1.78 bits per heavy atom. The maximum atomic E-state index is 9.38. The van der Waals surface area contributed by atoms with E-state index in [0.29, 0.717) is 19.6 Å². The van der Waals surface area contributed by atoms with E-state index in [9.17, 15) is 5.11 Å². The summed E-state index contributed by atoms with van der Waals surface area (Å²) in [5.41, 5.74) is 1.37. The van der Waals surface area contributed by atoms with Crippen LogP contribution in [-0.4, -0.2) is 32.5 Å². The van der Waals surface area contributed by atoms with Crippen LogP contribution in [-0.2, 0) is 21.7 Å². The molecule has 0 bridgehead atoms. The average Bonchev–Trinajstić information content (AvgIpc) is 2.61. The largest absolute Gasteiger partial charge is 0.489 e. The first kappa shape index (κ1) is 17.5. The zero-order chi connectivity index (χ0) is 16.5. The van der Waals surface area contributed by atoms with Crippen molar-refractivity contribution in [2.75, 3.05) is 27.4 Å². The van der Waals surface area contributed by atoms with Gasteiger partial charge in [0.05, 0.1) is 6.61 Å². The molecule has 0 fully saturated rings. The van der Waals surface area contributed by atoms with Crippen LogP contribution in [0.3, 0.4) is 0 Å². The Hall–Kier alpha value is -1.88. The fourth-order valence-corrected chi connectivity index (χ4v) is 2.60. The molecule has 4 nitrogen and oxygen atoms in total. The van der Waals surface area contributed by atoms with Gasteiger partial charge in [-0.3, -0.25) is 0 Å². The Balaban J connectivity index is 2.16. The van der Waals surface area contributed by atoms with Crippen LogP contribution in [0.15, 0.2) is 54.6 Å². The van der Waals surface area contributed by atoms with Crippen molar-refractivity contribution in [3.8, 4) is 5.75 Å². The summed E-state index contributed by atoms with van der Waals surface area (Å²) in [4.78, 5) is 0. The Bertz CT molecular complexity index is 577. The molecule has 23 heavy (non-hydrogen) atoms. The van der Waals surface area contributed by atoms with E-state index >= 15 is 0 Å². The molecule has 0 spiro atoms. The predicted molar refractivity (Wildman–Crippen MR) is 89.5 cm³/mol. The Labute approximate surface area is 137 Å². The third-order valence-corrected chi connectivity index (χ3v) is 3.89. The van der Waals surface area contributed by atoms with Gasteiger partial charge in [-0.2, -0.15) is 0 Å². The maximum absolute atomic E-state index is 9.38. The molecule has 2 aromatic rings. The second-order valence-electron chi connectivity index (χ2n) is 5.41. The van der Waals surface area contributed by atoms with E-state index in [-0.39, 0.29) is 6.61 Å². The number of aliphatic hydroxyl groups excluding tert-OH is 1. The molecular formula is C19H24O4. The van der Waals surface area contributed by atoms with Crippen LogP contribution in [0, 0.1) is 0 Å². The SMILES string of the molecule is COCC(CCO)(OC)c1cccc(OCc2ccccc2)c1. The van der Waals surface area contributed by atoms with E-state index < -0.39 is 5.60 Å². The van der Waals surface area contributed by atoms with Crippen LogP contribution in [0.1, 0.15) is 17.5 Å². The summed E-state index contributed by atoms with van der Waals surface area (Å²) in [6.45, 7) is 0.896. The van der Waals surface area contributed by atoms with Crippen molar-refractivity contribution in [2.24, 2.45) is 0 Å². The molecule has 4 heteroatoms. The second-order valence-corrected chi connectivity index (χ2v) is 5.41. The molecule has 0 heterocycles. The Kier molecular flexibility index (Phi) is 6.59. The quantitative estimate of drug-likeness (QED) is 0.772. The van der Waals surface area contributed by atoms with Crippen LogP contribution < -0.4 is 4.74 Å². The van der Waals surface area contributed by atoms with Crippen molar-refractivity contribution in [3.63, 3.8) is 0 Å². The topological polar surface area (TPSA) is 47.9 Å². The molecule has 0 aliphatic rings. The molecule has 0 radical (unpaired) electrons. The van der Waals surface area contributed by atoms with Crippen LogP contribution in [0.4, 0.5) is 0 Å². The third-order valence-electron chi connectivity index (χ3n) is 3.89. The summed E-state index contributed by atoms with van der Waals surface area (Å²) in [5, 5.41) is 9.38. The molecule has 2 aromatic carbocycles. The second kappa shape index (κ2) is 8.67. The van der Waals surface area contributed by atoms with Crippen LogP contribution >= 0.6 is 0 Å². The number of ether oxygens (including phenoxy) is 3. The highest BCUT2D eigenvalue weighted by atomic mass is 16.5. The van der Waals surface area contributed by atoms with Crippen molar-refractivity contribution in [2.45, 2.75) is 18.6 Å². The van der Waals surface area contributed by atoms with Crippen LogP contribution in [0.5, 0.6) is 5.75 Å². The highest BCUT2D eigenvalue weighted by molar-refractivity contribution is 5.33. The van der Waals surface area contributed by atoms with Gasteiger partial charge < -0.3 is 19.3 Å². The molecule has 2 rings (SSSR count). The molecule has 0 aromatic heterocycles. The highest BCUT2D eigenvalue weighted by Gasteiger charge is 2.32. The van der Waals surface area contributed by atoms with E-state index in [1.54, 1.807) is 14.2 Å². The first-order valence-corrected chi connectivity index (χ1v) is 7.66. The van der Waals surface area contributed by atoms with E-state index in [1.807, 2.05) is 54.6 Å². The monoisotopic (exact) mass is 316 g/mol. The number of aliphatic hydroxyl groups is 1.